The van der Waals surface area contributed by atoms with E-state index in [2.05, 4.69) is 49.2 Å². The van der Waals surface area contributed by atoms with Gasteiger partial charge in [-0.1, -0.05) is 26.0 Å². The van der Waals surface area contributed by atoms with Gasteiger partial charge in [0.15, 0.2) is 0 Å². The lowest BCUT2D eigenvalue weighted by atomic mass is 9.91. The topological polar surface area (TPSA) is 15.3 Å². The molecule has 0 aromatic heterocycles. The summed E-state index contributed by atoms with van der Waals surface area (Å²) in [7, 11) is 2.00. The minimum absolute atomic E-state index is 0.810. The van der Waals surface area contributed by atoms with Crippen LogP contribution in [0, 0.1) is 18.8 Å². The van der Waals surface area contributed by atoms with E-state index in [9.17, 15) is 0 Å². The van der Waals surface area contributed by atoms with Crippen LogP contribution >= 0.6 is 0 Å². The molecule has 1 aromatic rings. The monoisotopic (exact) mass is 246 g/mol. The molecule has 0 bridgehead atoms. The van der Waals surface area contributed by atoms with Gasteiger partial charge in [-0.25, -0.2) is 0 Å². The quantitative estimate of drug-likeness (QED) is 0.881. The van der Waals surface area contributed by atoms with Gasteiger partial charge in [0.05, 0.1) is 0 Å². The molecule has 0 spiro atoms. The van der Waals surface area contributed by atoms with Crippen LogP contribution in [0.5, 0.6) is 0 Å². The Hall–Kier alpha value is -1.02. The lowest BCUT2D eigenvalue weighted by Crippen LogP contribution is -2.39. The van der Waals surface area contributed by atoms with E-state index >= 15 is 0 Å². The molecule has 0 radical (unpaired) electrons. The fraction of sp³-hybridized carbons (Fsp3) is 0.625. The zero-order valence-corrected chi connectivity index (χ0v) is 12.2. The first-order chi connectivity index (χ1) is 8.60. The molecule has 1 N–H and O–H groups in total. The Bertz CT molecular complexity index is 390. The molecule has 100 valence electrons. The second kappa shape index (κ2) is 5.75. The Morgan fingerprint density at radius 3 is 2.44 bits per heavy atom. The third-order valence-electron chi connectivity index (χ3n) is 3.85. The van der Waals surface area contributed by atoms with E-state index in [1.165, 1.54) is 36.3 Å². The first kappa shape index (κ1) is 13.4. The van der Waals surface area contributed by atoms with Gasteiger partial charge in [-0.2, -0.15) is 0 Å². The summed E-state index contributed by atoms with van der Waals surface area (Å²) >= 11 is 0. The van der Waals surface area contributed by atoms with Crippen LogP contribution in [0.25, 0.3) is 0 Å². The number of hydrogen-bond donors (Lipinski definition) is 1. The highest BCUT2D eigenvalue weighted by molar-refractivity contribution is 5.55. The molecule has 2 rings (SSSR count). The average molecular weight is 246 g/mol. The number of hydrogen-bond acceptors (Lipinski definition) is 2. The van der Waals surface area contributed by atoms with Crippen LogP contribution in [-0.2, 0) is 6.54 Å². The number of rotatable bonds is 3. The summed E-state index contributed by atoms with van der Waals surface area (Å²) < 4.78 is 0. The maximum Gasteiger partial charge on any atom is 0.0396 e. The van der Waals surface area contributed by atoms with Crippen LogP contribution in [0.15, 0.2) is 18.2 Å². The van der Waals surface area contributed by atoms with Crippen LogP contribution in [0.1, 0.15) is 31.4 Å². The Balaban J connectivity index is 2.17. The van der Waals surface area contributed by atoms with Gasteiger partial charge in [0.25, 0.3) is 0 Å². The number of nitrogens with one attached hydrogen (secondary N) is 1. The summed E-state index contributed by atoms with van der Waals surface area (Å²) in [4.78, 5) is 2.57. The molecule has 1 fully saturated rings. The van der Waals surface area contributed by atoms with Crippen molar-refractivity contribution in [2.45, 2.75) is 33.7 Å². The van der Waals surface area contributed by atoms with Crippen molar-refractivity contribution < 1.29 is 0 Å². The normalized spacial score (nSPS) is 24.3. The molecule has 1 heterocycles. The Labute approximate surface area is 111 Å². The van der Waals surface area contributed by atoms with E-state index in [0.717, 1.165) is 18.4 Å². The molecular formula is C16H26N2. The summed E-state index contributed by atoms with van der Waals surface area (Å²) in [6.07, 6.45) is 1.37. The van der Waals surface area contributed by atoms with E-state index in [1.54, 1.807) is 0 Å². The molecule has 0 saturated carbocycles. The minimum atomic E-state index is 0.810. The summed E-state index contributed by atoms with van der Waals surface area (Å²) in [5.74, 6) is 1.62. The zero-order valence-electron chi connectivity index (χ0n) is 12.2. The summed E-state index contributed by atoms with van der Waals surface area (Å²) in [5, 5.41) is 3.21. The number of nitrogens with zero attached hydrogens (tertiary/aromatic N) is 1. The standard InChI is InChI=1S/C16H26N2/c1-12-7-13(2)11-18(10-12)16-6-5-15(9-17-4)8-14(16)3/h5-6,8,12-13,17H,7,9-11H2,1-4H3. The smallest absolute Gasteiger partial charge is 0.0396 e. The highest BCUT2D eigenvalue weighted by atomic mass is 15.1. The summed E-state index contributed by atoms with van der Waals surface area (Å²) in [6.45, 7) is 10.3. The van der Waals surface area contributed by atoms with Crippen LogP contribution in [0.3, 0.4) is 0 Å². The minimum Gasteiger partial charge on any atom is -0.371 e. The van der Waals surface area contributed by atoms with Crippen LogP contribution < -0.4 is 10.2 Å². The molecule has 18 heavy (non-hydrogen) atoms. The predicted molar refractivity (Wildman–Crippen MR) is 79.1 cm³/mol. The number of aryl methyl sites for hydroxylation is 1. The van der Waals surface area contributed by atoms with Crippen molar-refractivity contribution in [3.05, 3.63) is 29.3 Å². The molecule has 2 nitrogen and oxygen atoms in total. The van der Waals surface area contributed by atoms with E-state index < -0.39 is 0 Å². The number of piperidine rings is 1. The summed E-state index contributed by atoms with van der Waals surface area (Å²) in [5.41, 5.74) is 4.20. The predicted octanol–water partition coefficient (Wildman–Crippen LogP) is 3.20. The molecular weight excluding hydrogens is 220 g/mol. The lowest BCUT2D eigenvalue weighted by molar-refractivity contribution is 0.356. The fourth-order valence-electron chi connectivity index (χ4n) is 3.25. The molecule has 2 unspecified atom stereocenters. The van der Waals surface area contributed by atoms with Crippen molar-refractivity contribution >= 4 is 5.69 Å². The van der Waals surface area contributed by atoms with E-state index in [4.69, 9.17) is 0 Å². The van der Waals surface area contributed by atoms with Crippen molar-refractivity contribution in [2.75, 3.05) is 25.0 Å². The fourth-order valence-corrected chi connectivity index (χ4v) is 3.25. The van der Waals surface area contributed by atoms with Crippen LogP contribution in [-0.4, -0.2) is 20.1 Å². The van der Waals surface area contributed by atoms with E-state index in [1.807, 2.05) is 7.05 Å². The van der Waals surface area contributed by atoms with Gasteiger partial charge in [0.1, 0.15) is 0 Å². The first-order valence-corrected chi connectivity index (χ1v) is 7.09. The Morgan fingerprint density at radius 1 is 1.22 bits per heavy atom. The second-order valence-corrected chi connectivity index (χ2v) is 6.00. The molecule has 1 aliphatic heterocycles. The SMILES string of the molecule is CNCc1ccc(N2CC(C)CC(C)C2)c(C)c1. The maximum atomic E-state index is 3.21. The van der Waals surface area contributed by atoms with Gasteiger partial charge < -0.3 is 10.2 Å². The van der Waals surface area contributed by atoms with Crippen molar-refractivity contribution in [3.63, 3.8) is 0 Å². The lowest BCUT2D eigenvalue weighted by Gasteiger charge is -2.37. The highest BCUT2D eigenvalue weighted by Crippen LogP contribution is 2.29. The Morgan fingerprint density at radius 2 is 1.89 bits per heavy atom. The van der Waals surface area contributed by atoms with E-state index in [0.29, 0.717) is 0 Å². The largest absolute Gasteiger partial charge is 0.371 e. The second-order valence-electron chi connectivity index (χ2n) is 6.00. The molecule has 1 aromatic carbocycles. The Kier molecular flexibility index (Phi) is 4.28. The summed E-state index contributed by atoms with van der Waals surface area (Å²) in [6, 6.07) is 6.87. The zero-order chi connectivity index (χ0) is 13.1. The molecule has 0 amide bonds. The van der Waals surface area contributed by atoms with Crippen molar-refractivity contribution in [1.29, 1.82) is 0 Å². The third-order valence-corrected chi connectivity index (χ3v) is 3.85. The molecule has 2 atom stereocenters. The molecule has 2 heteroatoms. The van der Waals surface area contributed by atoms with E-state index in [-0.39, 0.29) is 0 Å². The van der Waals surface area contributed by atoms with Crippen molar-refractivity contribution in [3.8, 4) is 0 Å². The molecule has 1 aliphatic rings. The van der Waals surface area contributed by atoms with Gasteiger partial charge in [0.2, 0.25) is 0 Å². The van der Waals surface area contributed by atoms with Crippen molar-refractivity contribution in [2.24, 2.45) is 11.8 Å². The van der Waals surface area contributed by atoms with Gasteiger partial charge in [-0.15, -0.1) is 0 Å². The molecule has 0 aliphatic carbocycles. The third kappa shape index (κ3) is 3.05. The van der Waals surface area contributed by atoms with Gasteiger partial charge in [-0.3, -0.25) is 0 Å². The van der Waals surface area contributed by atoms with Crippen LogP contribution in [0.2, 0.25) is 0 Å². The number of anilines is 1. The van der Waals surface area contributed by atoms with Gasteiger partial charge in [0, 0.05) is 25.3 Å². The average Bonchev–Trinajstić information content (AvgIpc) is 2.28. The molecule has 1 saturated heterocycles. The van der Waals surface area contributed by atoms with Crippen LogP contribution in [0.4, 0.5) is 5.69 Å². The van der Waals surface area contributed by atoms with Gasteiger partial charge >= 0.3 is 0 Å². The first-order valence-electron chi connectivity index (χ1n) is 7.09. The highest BCUT2D eigenvalue weighted by Gasteiger charge is 2.22. The maximum absolute atomic E-state index is 3.21. The van der Waals surface area contributed by atoms with Crippen molar-refractivity contribution in [1.82, 2.24) is 5.32 Å². The van der Waals surface area contributed by atoms with Gasteiger partial charge in [-0.05, 0) is 49.4 Å². The number of benzene rings is 1.